The van der Waals surface area contributed by atoms with Gasteiger partial charge < -0.3 is 10.4 Å². The van der Waals surface area contributed by atoms with Gasteiger partial charge in [0.15, 0.2) is 5.88 Å². The van der Waals surface area contributed by atoms with E-state index in [-0.39, 0.29) is 0 Å². The number of allylic oxidation sites excluding steroid dienone is 1. The van der Waals surface area contributed by atoms with Gasteiger partial charge in [0, 0.05) is 0 Å². The number of hydrogen-bond acceptors (Lipinski definition) is 2. The highest BCUT2D eigenvalue weighted by Gasteiger charge is 2.25. The van der Waals surface area contributed by atoms with E-state index in [1.807, 2.05) is 0 Å². The Kier molecular flexibility index (Phi) is 4.06. The number of halogens is 4. The Morgan fingerprint density at radius 2 is 2.00 bits per heavy atom. The van der Waals surface area contributed by atoms with Gasteiger partial charge in [-0.05, 0) is 18.2 Å². The molecule has 0 aliphatic heterocycles. The lowest BCUT2D eigenvalue weighted by atomic mass is 10.3. The standard InChI is InChI=1S/C10H9ClF3NO/c11-7-3-1-2-4-8(7)15-9(16)5-6-10(12,13)14/h1-5,15-16H,6H2/b9-5+. The van der Waals surface area contributed by atoms with E-state index < -0.39 is 18.5 Å². The highest BCUT2D eigenvalue weighted by Crippen LogP contribution is 2.23. The molecule has 0 saturated heterocycles. The molecule has 0 amide bonds. The summed E-state index contributed by atoms with van der Waals surface area (Å²) in [5, 5.41) is 11.9. The molecule has 1 aromatic rings. The van der Waals surface area contributed by atoms with E-state index in [1.165, 1.54) is 0 Å². The fraction of sp³-hybridized carbons (Fsp3) is 0.200. The molecule has 0 aromatic heterocycles. The number of rotatable bonds is 3. The minimum Gasteiger partial charge on any atom is -0.495 e. The summed E-state index contributed by atoms with van der Waals surface area (Å²) >= 11 is 5.74. The van der Waals surface area contributed by atoms with Gasteiger partial charge in [-0.15, -0.1) is 0 Å². The number of hydrogen-bond donors (Lipinski definition) is 2. The molecule has 0 radical (unpaired) electrons. The van der Waals surface area contributed by atoms with E-state index in [0.717, 1.165) is 0 Å². The normalized spacial score (nSPS) is 12.6. The molecule has 2 nitrogen and oxygen atoms in total. The Balaban J connectivity index is 2.65. The third-order valence-corrected chi connectivity index (χ3v) is 1.99. The zero-order chi connectivity index (χ0) is 12.2. The largest absolute Gasteiger partial charge is 0.495 e. The topological polar surface area (TPSA) is 32.3 Å². The van der Waals surface area contributed by atoms with Crippen molar-refractivity contribution in [1.82, 2.24) is 0 Å². The van der Waals surface area contributed by atoms with Gasteiger partial charge in [-0.25, -0.2) is 0 Å². The zero-order valence-corrected chi connectivity index (χ0v) is 8.81. The molecule has 0 fully saturated rings. The lowest BCUT2D eigenvalue weighted by Crippen LogP contribution is -2.07. The number of benzene rings is 1. The second-order valence-electron chi connectivity index (χ2n) is 3.01. The van der Waals surface area contributed by atoms with Crippen LogP contribution in [0.4, 0.5) is 18.9 Å². The molecule has 88 valence electrons. The van der Waals surface area contributed by atoms with Gasteiger partial charge in [0.2, 0.25) is 0 Å². The van der Waals surface area contributed by atoms with Crippen molar-refractivity contribution in [2.75, 3.05) is 5.32 Å². The van der Waals surface area contributed by atoms with Crippen molar-refractivity contribution >= 4 is 17.3 Å². The van der Waals surface area contributed by atoms with E-state index in [4.69, 9.17) is 11.6 Å². The maximum absolute atomic E-state index is 11.8. The minimum absolute atomic E-state index is 0.314. The van der Waals surface area contributed by atoms with Crippen LogP contribution >= 0.6 is 11.6 Å². The number of anilines is 1. The quantitative estimate of drug-likeness (QED) is 0.793. The third-order valence-electron chi connectivity index (χ3n) is 1.66. The molecule has 16 heavy (non-hydrogen) atoms. The van der Waals surface area contributed by atoms with Crippen LogP contribution in [0, 0.1) is 0 Å². The highest BCUT2D eigenvalue weighted by atomic mass is 35.5. The molecule has 2 N–H and O–H groups in total. The summed E-state index contributed by atoms with van der Waals surface area (Å²) in [5.41, 5.74) is 0.347. The van der Waals surface area contributed by atoms with E-state index in [9.17, 15) is 18.3 Å². The smallest absolute Gasteiger partial charge is 0.392 e. The SMILES string of the molecule is O/C(=C/CC(F)(F)F)Nc1ccccc1Cl. The zero-order valence-electron chi connectivity index (χ0n) is 8.05. The first-order chi connectivity index (χ1) is 7.38. The minimum atomic E-state index is -4.34. The Hall–Kier alpha value is -1.36. The fourth-order valence-electron chi connectivity index (χ4n) is 0.964. The Labute approximate surface area is 95.3 Å². The van der Waals surface area contributed by atoms with Crippen molar-refractivity contribution in [1.29, 1.82) is 0 Å². The molecular weight excluding hydrogens is 243 g/mol. The molecule has 0 heterocycles. The molecule has 0 aliphatic carbocycles. The van der Waals surface area contributed by atoms with Crippen molar-refractivity contribution < 1.29 is 18.3 Å². The van der Waals surface area contributed by atoms with Gasteiger partial charge in [0.25, 0.3) is 0 Å². The number of para-hydroxylation sites is 1. The Morgan fingerprint density at radius 1 is 1.38 bits per heavy atom. The molecule has 0 spiro atoms. The van der Waals surface area contributed by atoms with Crippen molar-refractivity contribution in [3.05, 3.63) is 41.2 Å². The average Bonchev–Trinajstić information content (AvgIpc) is 2.18. The van der Waals surface area contributed by atoms with Gasteiger partial charge in [-0.2, -0.15) is 13.2 Å². The molecule has 6 heteroatoms. The molecule has 0 atom stereocenters. The van der Waals surface area contributed by atoms with Gasteiger partial charge in [0.05, 0.1) is 17.1 Å². The second kappa shape index (κ2) is 5.12. The van der Waals surface area contributed by atoms with E-state index in [1.54, 1.807) is 24.3 Å². The Morgan fingerprint density at radius 3 is 2.56 bits per heavy atom. The van der Waals surface area contributed by atoms with Crippen molar-refractivity contribution in [2.24, 2.45) is 0 Å². The maximum atomic E-state index is 11.8. The van der Waals surface area contributed by atoms with Crippen LogP contribution in [0.3, 0.4) is 0 Å². The van der Waals surface area contributed by atoms with E-state index in [2.05, 4.69) is 5.32 Å². The molecule has 0 aliphatic rings. The first kappa shape index (κ1) is 12.7. The van der Waals surface area contributed by atoms with Crippen LogP contribution in [0.2, 0.25) is 5.02 Å². The number of aliphatic hydroxyl groups is 1. The predicted octanol–water partition coefficient (Wildman–Crippen LogP) is 4.10. The molecule has 0 unspecified atom stereocenters. The molecular formula is C10H9ClF3NO. The lowest BCUT2D eigenvalue weighted by molar-refractivity contribution is -0.125. The second-order valence-corrected chi connectivity index (χ2v) is 3.42. The van der Waals surface area contributed by atoms with Crippen molar-refractivity contribution in [2.45, 2.75) is 12.6 Å². The van der Waals surface area contributed by atoms with Crippen LogP contribution in [0.5, 0.6) is 0 Å². The van der Waals surface area contributed by atoms with Crippen LogP contribution in [0.1, 0.15) is 6.42 Å². The fourth-order valence-corrected chi connectivity index (χ4v) is 1.15. The van der Waals surface area contributed by atoms with Crippen molar-refractivity contribution in [3.63, 3.8) is 0 Å². The summed E-state index contributed by atoms with van der Waals surface area (Å²) in [6.07, 6.45) is -4.89. The average molecular weight is 252 g/mol. The summed E-state index contributed by atoms with van der Waals surface area (Å²) in [4.78, 5) is 0. The first-order valence-corrected chi connectivity index (χ1v) is 4.74. The van der Waals surface area contributed by atoms with Crippen LogP contribution in [0.25, 0.3) is 0 Å². The molecule has 0 saturated carbocycles. The summed E-state index contributed by atoms with van der Waals surface area (Å²) in [5.74, 6) is -0.578. The summed E-state index contributed by atoms with van der Waals surface area (Å²) in [6.45, 7) is 0. The third kappa shape index (κ3) is 4.44. The Bertz CT molecular complexity index is 390. The monoisotopic (exact) mass is 251 g/mol. The van der Waals surface area contributed by atoms with Crippen LogP contribution < -0.4 is 5.32 Å². The van der Waals surface area contributed by atoms with Gasteiger partial charge in [-0.1, -0.05) is 23.7 Å². The maximum Gasteiger partial charge on any atom is 0.392 e. The van der Waals surface area contributed by atoms with Gasteiger partial charge >= 0.3 is 6.18 Å². The van der Waals surface area contributed by atoms with Gasteiger partial charge in [0.1, 0.15) is 0 Å². The molecule has 1 rings (SSSR count). The predicted molar refractivity (Wildman–Crippen MR) is 56.5 cm³/mol. The van der Waals surface area contributed by atoms with Crippen molar-refractivity contribution in [3.8, 4) is 0 Å². The lowest BCUT2D eigenvalue weighted by Gasteiger charge is -2.07. The number of alkyl halides is 3. The first-order valence-electron chi connectivity index (χ1n) is 4.36. The van der Waals surface area contributed by atoms with E-state index >= 15 is 0 Å². The van der Waals surface area contributed by atoms with E-state index in [0.29, 0.717) is 16.8 Å². The van der Waals surface area contributed by atoms with Gasteiger partial charge in [-0.3, -0.25) is 0 Å². The number of aliphatic hydroxyl groups excluding tert-OH is 1. The summed E-state index contributed by atoms with van der Waals surface area (Å²) < 4.78 is 35.5. The molecule has 1 aromatic carbocycles. The number of nitrogens with one attached hydrogen (secondary N) is 1. The highest BCUT2D eigenvalue weighted by molar-refractivity contribution is 6.33. The molecule has 0 bridgehead atoms. The van der Waals surface area contributed by atoms with Crippen LogP contribution in [-0.4, -0.2) is 11.3 Å². The summed E-state index contributed by atoms with van der Waals surface area (Å²) in [7, 11) is 0. The van der Waals surface area contributed by atoms with Crippen LogP contribution in [0.15, 0.2) is 36.2 Å². The van der Waals surface area contributed by atoms with Crippen LogP contribution in [-0.2, 0) is 0 Å². The summed E-state index contributed by atoms with van der Waals surface area (Å²) in [6, 6.07) is 6.41.